The van der Waals surface area contributed by atoms with E-state index in [4.69, 9.17) is 11.6 Å². The molecule has 2 saturated heterocycles. The maximum atomic E-state index is 13.1. The van der Waals surface area contributed by atoms with Crippen LogP contribution in [0.2, 0.25) is 5.02 Å². The average molecular weight is 375 g/mol. The zero-order valence-corrected chi connectivity index (χ0v) is 16.7. The fourth-order valence-corrected chi connectivity index (χ4v) is 5.96. The number of rotatable bonds is 4. The minimum Gasteiger partial charge on any atom is -0.338 e. The Hall–Kier alpha value is -1.06. The van der Waals surface area contributed by atoms with Crippen LogP contribution < -0.4 is 0 Å². The fourth-order valence-electron chi connectivity index (χ4n) is 5.84. The molecule has 2 heterocycles. The van der Waals surface area contributed by atoms with E-state index in [-0.39, 0.29) is 5.91 Å². The van der Waals surface area contributed by atoms with Gasteiger partial charge in [0.15, 0.2) is 0 Å². The second-order valence-electron chi connectivity index (χ2n) is 8.66. The summed E-state index contributed by atoms with van der Waals surface area (Å²) < 4.78 is 0. The van der Waals surface area contributed by atoms with Gasteiger partial charge in [0.2, 0.25) is 0 Å². The van der Waals surface area contributed by atoms with Crippen LogP contribution in [0.1, 0.15) is 55.8 Å². The fraction of sp³-hybridized carbons (Fsp3) is 0.682. The lowest BCUT2D eigenvalue weighted by Gasteiger charge is -2.57. The lowest BCUT2D eigenvalue weighted by molar-refractivity contribution is -0.0795. The van der Waals surface area contributed by atoms with E-state index in [9.17, 15) is 4.79 Å². The van der Waals surface area contributed by atoms with Crippen LogP contribution >= 0.6 is 11.6 Å². The van der Waals surface area contributed by atoms with Gasteiger partial charge in [-0.3, -0.25) is 4.79 Å². The lowest BCUT2D eigenvalue weighted by Crippen LogP contribution is -2.63. The molecule has 0 aromatic heterocycles. The molecule has 2 bridgehead atoms. The molecule has 2 unspecified atom stereocenters. The Kier molecular flexibility index (Phi) is 5.29. The Morgan fingerprint density at radius 2 is 1.69 bits per heavy atom. The smallest absolute Gasteiger partial charge is 0.253 e. The number of unbranched alkanes of at least 4 members (excludes halogenated alkanes) is 1. The van der Waals surface area contributed by atoms with Crippen molar-refractivity contribution in [2.24, 2.45) is 17.3 Å². The number of amides is 1. The van der Waals surface area contributed by atoms with Gasteiger partial charge in [-0.25, -0.2) is 0 Å². The van der Waals surface area contributed by atoms with Gasteiger partial charge in [-0.2, -0.15) is 0 Å². The normalized spacial score (nSPS) is 27.8. The Bertz CT molecular complexity index is 620. The van der Waals surface area contributed by atoms with E-state index in [0.717, 1.165) is 18.7 Å². The van der Waals surface area contributed by atoms with Gasteiger partial charge in [0, 0.05) is 36.8 Å². The molecule has 1 aromatic carbocycles. The third-order valence-corrected chi connectivity index (χ3v) is 7.46. The molecule has 0 N–H and O–H groups in total. The highest BCUT2D eigenvalue weighted by atomic mass is 35.5. The first-order chi connectivity index (χ1) is 12.6. The molecule has 1 aromatic rings. The number of nitrogens with zero attached hydrogens (tertiary/aromatic N) is 2. The number of hydrogen-bond donors (Lipinski definition) is 0. The molecule has 1 spiro atoms. The van der Waals surface area contributed by atoms with Crippen LogP contribution in [-0.4, -0.2) is 48.4 Å². The van der Waals surface area contributed by atoms with Crippen LogP contribution in [0, 0.1) is 17.3 Å². The Morgan fingerprint density at radius 3 is 2.27 bits per heavy atom. The van der Waals surface area contributed by atoms with E-state index in [2.05, 4.69) is 16.7 Å². The quantitative estimate of drug-likeness (QED) is 0.762. The zero-order valence-electron chi connectivity index (χ0n) is 15.9. The molecular weight excluding hydrogens is 344 g/mol. The highest BCUT2D eigenvalue weighted by Gasteiger charge is 2.54. The molecule has 142 valence electrons. The van der Waals surface area contributed by atoms with Crippen LogP contribution in [-0.2, 0) is 0 Å². The van der Waals surface area contributed by atoms with Gasteiger partial charge in [0.1, 0.15) is 0 Å². The summed E-state index contributed by atoms with van der Waals surface area (Å²) in [5.74, 6) is 1.47. The minimum atomic E-state index is 0.187. The van der Waals surface area contributed by atoms with Crippen LogP contribution in [0.15, 0.2) is 24.3 Å². The SMILES string of the molecule is CCCCN1CC2CN(C(=O)c3ccc(Cl)cc3)CC(C1)C21CCCC1. The number of piperidine rings is 2. The van der Waals surface area contributed by atoms with Crippen molar-refractivity contribution in [3.63, 3.8) is 0 Å². The number of halogens is 1. The van der Waals surface area contributed by atoms with Gasteiger partial charge in [-0.1, -0.05) is 37.8 Å². The van der Waals surface area contributed by atoms with Crippen LogP contribution in [0.5, 0.6) is 0 Å². The van der Waals surface area contributed by atoms with Crippen molar-refractivity contribution < 1.29 is 4.79 Å². The summed E-state index contributed by atoms with van der Waals surface area (Å²) >= 11 is 5.99. The van der Waals surface area contributed by atoms with Crippen molar-refractivity contribution in [3.05, 3.63) is 34.9 Å². The molecule has 3 nitrogen and oxygen atoms in total. The molecule has 3 fully saturated rings. The molecule has 4 heteroatoms. The monoisotopic (exact) mass is 374 g/mol. The Balaban J connectivity index is 1.52. The molecule has 1 saturated carbocycles. The summed E-state index contributed by atoms with van der Waals surface area (Å²) in [4.78, 5) is 17.9. The first kappa shape index (κ1) is 18.3. The van der Waals surface area contributed by atoms with E-state index < -0.39 is 0 Å². The number of carbonyl (C=O) groups excluding carboxylic acids is 1. The summed E-state index contributed by atoms with van der Waals surface area (Å²) in [6.07, 6.45) is 8.08. The van der Waals surface area contributed by atoms with Crippen molar-refractivity contribution in [3.8, 4) is 0 Å². The van der Waals surface area contributed by atoms with Crippen LogP contribution in [0.3, 0.4) is 0 Å². The highest BCUT2D eigenvalue weighted by molar-refractivity contribution is 6.30. The minimum absolute atomic E-state index is 0.187. The molecule has 1 amide bonds. The summed E-state index contributed by atoms with van der Waals surface area (Å²) in [5.41, 5.74) is 1.29. The molecular formula is C22H31ClN2O. The standard InChI is InChI=1S/C22H31ClN2O/c1-2-3-12-24-13-18-15-25(21(26)17-6-8-20(23)9-7-17)16-19(14-24)22(18)10-4-5-11-22/h6-9,18-19H,2-5,10-16H2,1H3. The second-order valence-corrected chi connectivity index (χ2v) is 9.10. The number of hydrogen-bond acceptors (Lipinski definition) is 2. The van der Waals surface area contributed by atoms with Crippen molar-refractivity contribution in [2.45, 2.75) is 45.4 Å². The third kappa shape index (κ3) is 3.29. The molecule has 2 aliphatic heterocycles. The zero-order chi connectivity index (χ0) is 18.1. The third-order valence-electron chi connectivity index (χ3n) is 7.21. The molecule has 4 rings (SSSR count). The molecule has 1 aliphatic carbocycles. The van der Waals surface area contributed by atoms with Crippen molar-refractivity contribution in [1.29, 1.82) is 0 Å². The topological polar surface area (TPSA) is 23.6 Å². The predicted octanol–water partition coefficient (Wildman–Crippen LogP) is 4.70. The van der Waals surface area contributed by atoms with Gasteiger partial charge in [-0.05, 0) is 67.3 Å². The molecule has 3 aliphatic rings. The van der Waals surface area contributed by atoms with Gasteiger partial charge in [0.05, 0.1) is 0 Å². The molecule has 2 atom stereocenters. The first-order valence-electron chi connectivity index (χ1n) is 10.4. The van der Waals surface area contributed by atoms with Gasteiger partial charge >= 0.3 is 0 Å². The van der Waals surface area contributed by atoms with Gasteiger partial charge < -0.3 is 9.80 Å². The van der Waals surface area contributed by atoms with Crippen molar-refractivity contribution in [1.82, 2.24) is 9.80 Å². The second kappa shape index (κ2) is 7.52. The summed E-state index contributed by atoms with van der Waals surface area (Å²) in [7, 11) is 0. The predicted molar refractivity (Wildman–Crippen MR) is 107 cm³/mol. The average Bonchev–Trinajstić information content (AvgIpc) is 3.10. The summed E-state index contributed by atoms with van der Waals surface area (Å²) in [5, 5.41) is 0.688. The van der Waals surface area contributed by atoms with E-state index in [0.29, 0.717) is 22.3 Å². The summed E-state index contributed by atoms with van der Waals surface area (Å²) in [6, 6.07) is 7.39. The lowest BCUT2D eigenvalue weighted by atomic mass is 9.60. The van der Waals surface area contributed by atoms with Crippen molar-refractivity contribution in [2.75, 3.05) is 32.7 Å². The van der Waals surface area contributed by atoms with Crippen LogP contribution in [0.25, 0.3) is 0 Å². The van der Waals surface area contributed by atoms with Gasteiger partial charge in [0.25, 0.3) is 5.91 Å². The van der Waals surface area contributed by atoms with E-state index in [1.807, 2.05) is 24.3 Å². The Labute approximate surface area is 162 Å². The molecule has 26 heavy (non-hydrogen) atoms. The van der Waals surface area contributed by atoms with Gasteiger partial charge in [-0.15, -0.1) is 0 Å². The van der Waals surface area contributed by atoms with E-state index in [1.165, 1.54) is 58.2 Å². The highest BCUT2D eigenvalue weighted by Crippen LogP contribution is 2.55. The first-order valence-corrected chi connectivity index (χ1v) is 10.8. The maximum Gasteiger partial charge on any atom is 0.253 e. The van der Waals surface area contributed by atoms with Crippen molar-refractivity contribution >= 4 is 17.5 Å². The Morgan fingerprint density at radius 1 is 1.08 bits per heavy atom. The largest absolute Gasteiger partial charge is 0.338 e. The maximum absolute atomic E-state index is 13.1. The van der Waals surface area contributed by atoms with E-state index >= 15 is 0 Å². The van der Waals surface area contributed by atoms with E-state index in [1.54, 1.807) is 0 Å². The number of benzene rings is 1. The summed E-state index contributed by atoms with van der Waals surface area (Å²) in [6.45, 7) is 7.73. The van der Waals surface area contributed by atoms with Crippen LogP contribution in [0.4, 0.5) is 0 Å². The number of carbonyl (C=O) groups is 1. The number of likely N-dealkylation sites (tertiary alicyclic amines) is 2. The molecule has 0 radical (unpaired) electrons.